The van der Waals surface area contributed by atoms with Gasteiger partial charge >= 0.3 is 0 Å². The molecule has 0 atom stereocenters. The van der Waals surface area contributed by atoms with Crippen LogP contribution < -0.4 is 0 Å². The van der Waals surface area contributed by atoms with Crippen molar-refractivity contribution in [1.82, 2.24) is 0 Å². The highest BCUT2D eigenvalue weighted by molar-refractivity contribution is 4.78. The molecule has 0 unspecified atom stereocenters. The molecule has 0 saturated heterocycles. The lowest BCUT2D eigenvalue weighted by atomic mass is 9.72. The quantitative estimate of drug-likeness (QED) is 0.662. The molecule has 13 heavy (non-hydrogen) atoms. The molecule has 0 aromatic rings. The van der Waals surface area contributed by atoms with E-state index in [1.807, 2.05) is 0 Å². The Hall–Kier alpha value is -0.0800. The van der Waals surface area contributed by atoms with Crippen LogP contribution >= 0.6 is 0 Å². The van der Waals surface area contributed by atoms with Crippen LogP contribution in [0.25, 0.3) is 0 Å². The molecule has 78 valence electrons. The summed E-state index contributed by atoms with van der Waals surface area (Å²) in [7, 11) is 0. The predicted octanol–water partition coefficient (Wildman–Crippen LogP) is 2.44. The summed E-state index contributed by atoms with van der Waals surface area (Å²) in [6.07, 6.45) is 8.30. The SMILES string of the molecule is CC1(CCCC(O)O)CCCCC1. The lowest BCUT2D eigenvalue weighted by molar-refractivity contribution is -0.0484. The Morgan fingerprint density at radius 1 is 1.15 bits per heavy atom. The van der Waals surface area contributed by atoms with Gasteiger partial charge in [0.25, 0.3) is 0 Å². The molecular weight excluding hydrogens is 164 g/mol. The van der Waals surface area contributed by atoms with Crippen molar-refractivity contribution in [3.05, 3.63) is 0 Å². The predicted molar refractivity (Wildman–Crippen MR) is 53.3 cm³/mol. The third kappa shape index (κ3) is 4.10. The fourth-order valence-electron chi connectivity index (χ4n) is 2.37. The summed E-state index contributed by atoms with van der Waals surface area (Å²) >= 11 is 0. The zero-order valence-electron chi connectivity index (χ0n) is 8.63. The van der Waals surface area contributed by atoms with Gasteiger partial charge in [-0.1, -0.05) is 26.2 Å². The van der Waals surface area contributed by atoms with Crippen LogP contribution in [0.1, 0.15) is 58.3 Å². The molecule has 1 aliphatic carbocycles. The lowest BCUT2D eigenvalue weighted by Gasteiger charge is -2.33. The van der Waals surface area contributed by atoms with Crippen LogP contribution in [0, 0.1) is 5.41 Å². The van der Waals surface area contributed by atoms with Crippen molar-refractivity contribution in [1.29, 1.82) is 0 Å². The van der Waals surface area contributed by atoms with Gasteiger partial charge in [0, 0.05) is 0 Å². The first-order valence-corrected chi connectivity index (χ1v) is 5.49. The second-order valence-corrected chi connectivity index (χ2v) is 4.74. The second-order valence-electron chi connectivity index (χ2n) is 4.74. The van der Waals surface area contributed by atoms with E-state index in [0.717, 1.165) is 12.8 Å². The molecule has 0 heterocycles. The Labute approximate surface area is 81.0 Å². The van der Waals surface area contributed by atoms with Crippen LogP contribution in [0.4, 0.5) is 0 Å². The van der Waals surface area contributed by atoms with Crippen LogP contribution in [0.5, 0.6) is 0 Å². The molecule has 0 aliphatic heterocycles. The molecule has 2 heteroatoms. The minimum Gasteiger partial charge on any atom is -0.368 e. The number of aliphatic hydroxyl groups is 2. The fourth-order valence-corrected chi connectivity index (χ4v) is 2.37. The third-order valence-electron chi connectivity index (χ3n) is 3.30. The van der Waals surface area contributed by atoms with Crippen molar-refractivity contribution in [2.24, 2.45) is 5.41 Å². The largest absolute Gasteiger partial charge is 0.368 e. The Balaban J connectivity index is 2.17. The molecule has 1 aliphatic rings. The molecule has 1 saturated carbocycles. The van der Waals surface area contributed by atoms with Gasteiger partial charge in [0.1, 0.15) is 0 Å². The first-order chi connectivity index (χ1) is 6.12. The Morgan fingerprint density at radius 3 is 2.31 bits per heavy atom. The molecule has 0 radical (unpaired) electrons. The van der Waals surface area contributed by atoms with Crippen LogP contribution in [-0.4, -0.2) is 16.5 Å². The first-order valence-electron chi connectivity index (χ1n) is 5.49. The van der Waals surface area contributed by atoms with Gasteiger partial charge in [-0.25, -0.2) is 0 Å². The number of hydrogen-bond donors (Lipinski definition) is 2. The topological polar surface area (TPSA) is 40.5 Å². The summed E-state index contributed by atoms with van der Waals surface area (Å²) in [5.41, 5.74) is 0.493. The molecule has 0 aromatic heterocycles. The van der Waals surface area contributed by atoms with Gasteiger partial charge in [0.15, 0.2) is 6.29 Å². The standard InChI is InChI=1S/C11H22O2/c1-11(7-3-2-4-8-11)9-5-6-10(12)13/h10,12-13H,2-9H2,1H3. The molecular formula is C11H22O2. The van der Waals surface area contributed by atoms with E-state index in [1.54, 1.807) is 0 Å². The van der Waals surface area contributed by atoms with Crippen LogP contribution in [0.15, 0.2) is 0 Å². The maximum absolute atomic E-state index is 8.72. The minimum absolute atomic E-state index is 0.493. The van der Waals surface area contributed by atoms with Crippen LogP contribution in [-0.2, 0) is 0 Å². The van der Waals surface area contributed by atoms with Crippen molar-refractivity contribution in [3.63, 3.8) is 0 Å². The summed E-state index contributed by atoms with van der Waals surface area (Å²) in [5, 5.41) is 17.4. The molecule has 0 amide bonds. The monoisotopic (exact) mass is 186 g/mol. The van der Waals surface area contributed by atoms with E-state index < -0.39 is 6.29 Å². The molecule has 0 aromatic carbocycles. The zero-order valence-corrected chi connectivity index (χ0v) is 8.63. The zero-order chi connectivity index (χ0) is 9.73. The van der Waals surface area contributed by atoms with E-state index in [2.05, 4.69) is 6.92 Å². The molecule has 0 bridgehead atoms. The maximum atomic E-state index is 8.72. The van der Waals surface area contributed by atoms with Gasteiger partial charge in [0.05, 0.1) is 0 Å². The highest BCUT2D eigenvalue weighted by atomic mass is 16.5. The fraction of sp³-hybridized carbons (Fsp3) is 1.00. The smallest absolute Gasteiger partial charge is 0.151 e. The van der Waals surface area contributed by atoms with Gasteiger partial charge < -0.3 is 10.2 Å². The van der Waals surface area contributed by atoms with Crippen molar-refractivity contribution < 1.29 is 10.2 Å². The Bertz CT molecular complexity index is 137. The van der Waals surface area contributed by atoms with E-state index in [1.165, 1.54) is 32.1 Å². The number of aliphatic hydroxyl groups excluding tert-OH is 1. The van der Waals surface area contributed by atoms with E-state index in [4.69, 9.17) is 10.2 Å². The maximum Gasteiger partial charge on any atom is 0.151 e. The van der Waals surface area contributed by atoms with Gasteiger partial charge in [-0.05, 0) is 37.5 Å². The number of rotatable bonds is 4. The Morgan fingerprint density at radius 2 is 1.77 bits per heavy atom. The van der Waals surface area contributed by atoms with Gasteiger partial charge in [-0.3, -0.25) is 0 Å². The third-order valence-corrected chi connectivity index (χ3v) is 3.30. The van der Waals surface area contributed by atoms with E-state index in [-0.39, 0.29) is 0 Å². The summed E-state index contributed by atoms with van der Waals surface area (Å²) in [5.74, 6) is 0. The molecule has 2 nitrogen and oxygen atoms in total. The van der Waals surface area contributed by atoms with Gasteiger partial charge in [-0.2, -0.15) is 0 Å². The normalized spacial score (nSPS) is 22.2. The molecule has 1 fully saturated rings. The van der Waals surface area contributed by atoms with Crippen LogP contribution in [0.2, 0.25) is 0 Å². The van der Waals surface area contributed by atoms with E-state index in [0.29, 0.717) is 11.8 Å². The first kappa shape index (κ1) is 11.0. The summed E-state index contributed by atoms with van der Waals surface area (Å²) in [6.45, 7) is 2.34. The highest BCUT2D eigenvalue weighted by Crippen LogP contribution is 2.39. The Kier molecular flexibility index (Phi) is 4.20. The van der Waals surface area contributed by atoms with Crippen molar-refractivity contribution >= 4 is 0 Å². The second kappa shape index (κ2) is 4.97. The minimum atomic E-state index is -1.10. The molecule has 1 rings (SSSR count). The number of hydrogen-bond acceptors (Lipinski definition) is 2. The lowest BCUT2D eigenvalue weighted by Crippen LogP contribution is -2.20. The van der Waals surface area contributed by atoms with E-state index >= 15 is 0 Å². The molecule has 0 spiro atoms. The summed E-state index contributed by atoms with van der Waals surface area (Å²) < 4.78 is 0. The highest BCUT2D eigenvalue weighted by Gasteiger charge is 2.25. The van der Waals surface area contributed by atoms with Crippen molar-refractivity contribution in [2.45, 2.75) is 64.6 Å². The van der Waals surface area contributed by atoms with Gasteiger partial charge in [0.2, 0.25) is 0 Å². The summed E-state index contributed by atoms with van der Waals surface area (Å²) in [4.78, 5) is 0. The van der Waals surface area contributed by atoms with Crippen molar-refractivity contribution in [2.75, 3.05) is 0 Å². The average Bonchev–Trinajstić information content (AvgIpc) is 2.04. The van der Waals surface area contributed by atoms with Crippen molar-refractivity contribution in [3.8, 4) is 0 Å². The van der Waals surface area contributed by atoms with Gasteiger partial charge in [-0.15, -0.1) is 0 Å². The van der Waals surface area contributed by atoms with E-state index in [9.17, 15) is 0 Å². The average molecular weight is 186 g/mol. The molecule has 2 N–H and O–H groups in total. The van der Waals surface area contributed by atoms with Crippen LogP contribution in [0.3, 0.4) is 0 Å². The summed E-state index contributed by atoms with van der Waals surface area (Å²) in [6, 6.07) is 0.